The van der Waals surface area contributed by atoms with Crippen LogP contribution in [0.3, 0.4) is 0 Å². The zero-order valence-corrected chi connectivity index (χ0v) is 9.55. The molecule has 0 atom stereocenters. The number of phenols is 1. The molecule has 2 rings (SSSR count). The number of rotatable bonds is 1. The highest BCUT2D eigenvalue weighted by Gasteiger charge is 2.18. The van der Waals surface area contributed by atoms with Crippen LogP contribution in [0.5, 0.6) is 11.5 Å². The first-order valence-electron chi connectivity index (χ1n) is 5.66. The fourth-order valence-corrected chi connectivity index (χ4v) is 2.15. The molecule has 2 heteroatoms. The van der Waals surface area contributed by atoms with Crippen molar-refractivity contribution >= 4 is 0 Å². The van der Waals surface area contributed by atoms with Gasteiger partial charge >= 0.3 is 0 Å². The molecule has 0 aliphatic carbocycles. The van der Waals surface area contributed by atoms with E-state index in [2.05, 4.69) is 16.5 Å². The van der Waals surface area contributed by atoms with Gasteiger partial charge in [0.25, 0.3) is 5.75 Å². The Labute approximate surface area is 91.2 Å². The van der Waals surface area contributed by atoms with Crippen molar-refractivity contribution in [2.45, 2.75) is 33.1 Å². The van der Waals surface area contributed by atoms with Crippen molar-refractivity contribution in [1.29, 1.82) is 0 Å². The molecule has 2 nitrogen and oxygen atoms in total. The molecular formula is C13H19O2+. The summed E-state index contributed by atoms with van der Waals surface area (Å²) in [6.07, 6.45) is 3.84. The van der Waals surface area contributed by atoms with Gasteiger partial charge in [-0.05, 0) is 20.3 Å². The molecule has 1 fully saturated rings. The highest BCUT2D eigenvalue weighted by molar-refractivity contribution is 5.45. The number of benzene rings is 1. The molecule has 1 heterocycles. The molecule has 1 N–H and O–H groups in total. The Kier molecular flexibility index (Phi) is 2.85. The summed E-state index contributed by atoms with van der Waals surface area (Å²) >= 11 is 0. The lowest BCUT2D eigenvalue weighted by Crippen LogP contribution is -2.16. The van der Waals surface area contributed by atoms with Gasteiger partial charge in [-0.25, -0.2) is 0 Å². The molecule has 0 bridgehead atoms. The summed E-state index contributed by atoms with van der Waals surface area (Å²) in [4.78, 5) is 0. The summed E-state index contributed by atoms with van der Waals surface area (Å²) in [5.74, 6) is 1.61. The van der Waals surface area contributed by atoms with Crippen molar-refractivity contribution in [3.8, 4) is 11.5 Å². The first kappa shape index (κ1) is 10.3. The smallest absolute Gasteiger partial charge is 0.256 e. The number of aryl methyl sites for hydroxylation is 2. The van der Waals surface area contributed by atoms with E-state index in [0.717, 1.165) is 24.3 Å². The predicted molar refractivity (Wildman–Crippen MR) is 61.7 cm³/mol. The van der Waals surface area contributed by atoms with Crippen molar-refractivity contribution in [2.75, 3.05) is 13.2 Å². The molecule has 0 spiro atoms. The van der Waals surface area contributed by atoms with Gasteiger partial charge in [0.2, 0.25) is 0 Å². The molecule has 0 unspecified atom stereocenters. The van der Waals surface area contributed by atoms with Crippen molar-refractivity contribution in [2.24, 2.45) is 0 Å². The molecule has 0 saturated carbocycles. The fraction of sp³-hybridized carbons (Fsp3) is 0.538. The average Bonchev–Trinajstić information content (AvgIpc) is 2.26. The number of hydrogen-bond acceptors (Lipinski definition) is 1. The van der Waals surface area contributed by atoms with Gasteiger partial charge in [0.1, 0.15) is 5.75 Å². The maximum atomic E-state index is 9.70. The predicted octanol–water partition coefficient (Wildman–Crippen LogP) is 3.46. The van der Waals surface area contributed by atoms with Crippen LogP contribution in [-0.4, -0.2) is 18.3 Å². The Hall–Kier alpha value is -1.18. The third kappa shape index (κ3) is 2.09. The molecule has 0 radical (unpaired) electrons. The molecule has 82 valence electrons. The van der Waals surface area contributed by atoms with Crippen LogP contribution in [0, 0.1) is 13.8 Å². The zero-order valence-electron chi connectivity index (χ0n) is 9.55. The Morgan fingerprint density at radius 1 is 1.00 bits per heavy atom. The highest BCUT2D eigenvalue weighted by Crippen LogP contribution is 2.34. The zero-order chi connectivity index (χ0) is 10.8. The van der Waals surface area contributed by atoms with Crippen LogP contribution in [0.15, 0.2) is 12.1 Å². The molecule has 15 heavy (non-hydrogen) atoms. The molecular weight excluding hydrogens is 188 g/mol. The molecule has 0 aromatic heterocycles. The van der Waals surface area contributed by atoms with Gasteiger partial charge in [-0.3, -0.25) is 0 Å². The normalized spacial score (nSPS) is 16.8. The van der Waals surface area contributed by atoms with E-state index in [1.165, 1.54) is 25.0 Å². The van der Waals surface area contributed by atoms with E-state index < -0.39 is 0 Å². The lowest BCUT2D eigenvalue weighted by atomic mass is 10.1. The van der Waals surface area contributed by atoms with Crippen LogP contribution in [0.2, 0.25) is 0 Å². The second-order valence-corrected chi connectivity index (χ2v) is 4.37. The lowest BCUT2D eigenvalue weighted by Gasteiger charge is -2.28. The fourth-order valence-electron chi connectivity index (χ4n) is 2.15. The van der Waals surface area contributed by atoms with Gasteiger partial charge in [-0.1, -0.05) is 0 Å². The minimum Gasteiger partial charge on any atom is -0.572 e. The summed E-state index contributed by atoms with van der Waals surface area (Å²) in [6.45, 7) is 6.06. The molecule has 1 aromatic rings. The summed E-state index contributed by atoms with van der Waals surface area (Å²) < 4.78 is 3.26. The van der Waals surface area contributed by atoms with E-state index >= 15 is 0 Å². The SMILES string of the molecule is Cc1cc([O+]2CCCCC2)cc(C)c1O. The maximum absolute atomic E-state index is 9.70. The third-order valence-electron chi connectivity index (χ3n) is 3.08. The van der Waals surface area contributed by atoms with Gasteiger partial charge in [-0.2, -0.15) is 0 Å². The van der Waals surface area contributed by atoms with E-state index in [-0.39, 0.29) is 0 Å². The monoisotopic (exact) mass is 207 g/mol. The molecule has 1 aromatic carbocycles. The quantitative estimate of drug-likeness (QED) is 0.700. The molecule has 1 saturated heterocycles. The van der Waals surface area contributed by atoms with E-state index in [0.29, 0.717) is 5.75 Å². The van der Waals surface area contributed by atoms with Crippen LogP contribution in [0.1, 0.15) is 30.4 Å². The van der Waals surface area contributed by atoms with Crippen molar-refractivity contribution in [3.05, 3.63) is 23.3 Å². The van der Waals surface area contributed by atoms with Crippen molar-refractivity contribution in [1.82, 2.24) is 0 Å². The van der Waals surface area contributed by atoms with Gasteiger partial charge in [0, 0.05) is 36.1 Å². The van der Waals surface area contributed by atoms with Crippen LogP contribution in [-0.2, 0) is 4.37 Å². The summed E-state index contributed by atoms with van der Waals surface area (Å²) in [5.41, 5.74) is 1.92. The highest BCUT2D eigenvalue weighted by atomic mass is 16.7. The Balaban J connectivity index is 2.27. The van der Waals surface area contributed by atoms with Crippen molar-refractivity contribution in [3.63, 3.8) is 0 Å². The second kappa shape index (κ2) is 4.13. The minimum atomic E-state index is 0.427. The van der Waals surface area contributed by atoms with Gasteiger partial charge in [-0.15, -0.1) is 0 Å². The van der Waals surface area contributed by atoms with E-state index in [9.17, 15) is 5.11 Å². The number of hydrogen-bond donors (Lipinski definition) is 1. The van der Waals surface area contributed by atoms with E-state index in [1.54, 1.807) is 0 Å². The Morgan fingerprint density at radius 3 is 2.07 bits per heavy atom. The van der Waals surface area contributed by atoms with Gasteiger partial charge in [0.15, 0.2) is 13.2 Å². The first-order valence-corrected chi connectivity index (χ1v) is 5.66. The maximum Gasteiger partial charge on any atom is 0.256 e. The minimum absolute atomic E-state index is 0.427. The first-order chi connectivity index (χ1) is 7.18. The van der Waals surface area contributed by atoms with Gasteiger partial charge in [0.05, 0.1) is 0 Å². The topological polar surface area (TPSA) is 22.9 Å². The Morgan fingerprint density at radius 2 is 1.53 bits per heavy atom. The van der Waals surface area contributed by atoms with Gasteiger partial charge < -0.3 is 9.47 Å². The molecule has 1 aliphatic rings. The standard InChI is InChI=1S/C13H18O2/c1-10-8-12(9-11(2)13(10)14)15-6-4-3-5-7-15/h8-9H,3-7H2,1-2H3/p+1. The molecule has 0 amide bonds. The van der Waals surface area contributed by atoms with E-state index in [4.69, 9.17) is 0 Å². The van der Waals surface area contributed by atoms with Crippen LogP contribution < -0.4 is 0 Å². The number of phenolic OH excluding ortho intramolecular Hbond substituents is 1. The average molecular weight is 207 g/mol. The van der Waals surface area contributed by atoms with E-state index in [1.807, 2.05) is 13.8 Å². The van der Waals surface area contributed by atoms with Crippen molar-refractivity contribution < 1.29 is 9.47 Å². The summed E-state index contributed by atoms with van der Waals surface area (Å²) in [6, 6.07) is 4.11. The van der Waals surface area contributed by atoms with Crippen LogP contribution in [0.25, 0.3) is 0 Å². The van der Waals surface area contributed by atoms with Crippen LogP contribution in [0.4, 0.5) is 0 Å². The summed E-state index contributed by atoms with van der Waals surface area (Å²) in [7, 11) is 0. The molecule has 1 aliphatic heterocycles. The second-order valence-electron chi connectivity index (χ2n) is 4.37. The summed E-state index contributed by atoms with van der Waals surface area (Å²) in [5, 5.41) is 9.70. The number of aromatic hydroxyl groups is 1. The third-order valence-corrected chi connectivity index (χ3v) is 3.08. The Bertz CT molecular complexity index is 329. The largest absolute Gasteiger partial charge is 0.572 e. The van der Waals surface area contributed by atoms with Crippen LogP contribution >= 0.6 is 0 Å². The lowest BCUT2D eigenvalue weighted by molar-refractivity contribution is -0.0771.